The van der Waals surface area contributed by atoms with E-state index < -0.39 is 0 Å². The number of hydrogen-bond acceptors (Lipinski definition) is 2. The average Bonchev–Trinajstić information content (AvgIpc) is 2.32. The minimum absolute atomic E-state index is 0.0294. The average molecular weight is 283 g/mol. The first-order valence-electron chi connectivity index (χ1n) is 7.03. The van der Waals surface area contributed by atoms with E-state index in [2.05, 4.69) is 39.8 Å². The monoisotopic (exact) mass is 282 g/mol. The summed E-state index contributed by atoms with van der Waals surface area (Å²) in [4.78, 5) is 0. The van der Waals surface area contributed by atoms with E-state index in [4.69, 9.17) is 21.1 Å². The Kier molecular flexibility index (Phi) is 4.75. The highest BCUT2D eigenvalue weighted by Gasteiger charge is 2.43. The Balaban J connectivity index is 2.05. The van der Waals surface area contributed by atoms with Gasteiger partial charge in [-0.05, 0) is 38.3 Å². The fraction of sp³-hybridized carbons (Fsp3) is 0.625. The van der Waals surface area contributed by atoms with Crippen molar-refractivity contribution in [2.24, 2.45) is 0 Å². The van der Waals surface area contributed by atoms with Crippen molar-refractivity contribution >= 4 is 11.6 Å². The fourth-order valence-electron chi connectivity index (χ4n) is 2.61. The summed E-state index contributed by atoms with van der Waals surface area (Å²) in [5.74, 6) is 0.990. The largest absolute Gasteiger partial charge is 0.487 e. The van der Waals surface area contributed by atoms with Gasteiger partial charge < -0.3 is 9.47 Å². The normalized spacial score (nSPS) is 26.1. The number of ether oxygens (including phenoxy) is 2. The molecule has 0 N–H and O–H groups in total. The maximum Gasteiger partial charge on any atom is 0.128 e. The van der Waals surface area contributed by atoms with E-state index in [1.807, 2.05) is 0 Å². The molecule has 1 fully saturated rings. The van der Waals surface area contributed by atoms with Gasteiger partial charge in [-0.25, -0.2) is 0 Å². The third-order valence-electron chi connectivity index (χ3n) is 3.57. The third kappa shape index (κ3) is 3.24. The summed E-state index contributed by atoms with van der Waals surface area (Å²) in [5.41, 5.74) is 3.64. The quantitative estimate of drug-likeness (QED) is 0.755. The van der Waals surface area contributed by atoms with E-state index in [-0.39, 0.29) is 17.6 Å². The minimum atomic E-state index is 0.0294. The van der Waals surface area contributed by atoms with Crippen LogP contribution in [0.5, 0.6) is 5.75 Å². The lowest BCUT2D eigenvalue weighted by Gasteiger charge is -2.41. The molecule has 0 aliphatic heterocycles. The molecule has 1 saturated carbocycles. The molecular weight excluding hydrogens is 260 g/mol. The fourth-order valence-corrected chi connectivity index (χ4v) is 3.02. The van der Waals surface area contributed by atoms with Gasteiger partial charge in [-0.3, -0.25) is 0 Å². The van der Waals surface area contributed by atoms with E-state index in [1.54, 1.807) is 0 Å². The predicted molar refractivity (Wildman–Crippen MR) is 79.4 cm³/mol. The van der Waals surface area contributed by atoms with Crippen LogP contribution in [0, 0.1) is 20.8 Å². The molecule has 1 aromatic carbocycles. The highest BCUT2D eigenvalue weighted by atomic mass is 35.5. The molecule has 0 radical (unpaired) electrons. The van der Waals surface area contributed by atoms with Crippen LogP contribution in [0.1, 0.15) is 36.5 Å². The molecule has 1 aromatic rings. The zero-order valence-corrected chi connectivity index (χ0v) is 13.0. The first-order chi connectivity index (χ1) is 9.02. The van der Waals surface area contributed by atoms with E-state index in [0.717, 1.165) is 25.2 Å². The topological polar surface area (TPSA) is 18.5 Å². The lowest BCUT2D eigenvalue weighted by Crippen LogP contribution is -2.52. The molecule has 106 valence electrons. The van der Waals surface area contributed by atoms with Crippen LogP contribution < -0.4 is 4.74 Å². The van der Waals surface area contributed by atoms with E-state index in [9.17, 15) is 0 Å². The van der Waals surface area contributed by atoms with Crippen LogP contribution in [-0.2, 0) is 4.74 Å². The lowest BCUT2D eigenvalue weighted by molar-refractivity contribution is -0.0801. The second-order valence-electron chi connectivity index (χ2n) is 5.47. The minimum Gasteiger partial charge on any atom is -0.487 e. The molecule has 3 heteroatoms. The Bertz CT molecular complexity index is 421. The van der Waals surface area contributed by atoms with Crippen molar-refractivity contribution in [3.05, 3.63) is 28.8 Å². The van der Waals surface area contributed by atoms with E-state index >= 15 is 0 Å². The summed E-state index contributed by atoms with van der Waals surface area (Å²) in [5, 5.41) is 0.0858. The molecule has 0 spiro atoms. The van der Waals surface area contributed by atoms with E-state index in [1.165, 1.54) is 16.7 Å². The van der Waals surface area contributed by atoms with Gasteiger partial charge in [0, 0.05) is 13.0 Å². The number of benzene rings is 1. The zero-order valence-electron chi connectivity index (χ0n) is 12.2. The molecule has 0 aromatic heterocycles. The first kappa shape index (κ1) is 14.7. The molecule has 19 heavy (non-hydrogen) atoms. The van der Waals surface area contributed by atoms with Crippen molar-refractivity contribution in [1.29, 1.82) is 0 Å². The maximum atomic E-state index is 6.21. The van der Waals surface area contributed by atoms with Crippen LogP contribution in [0.4, 0.5) is 0 Å². The van der Waals surface area contributed by atoms with Gasteiger partial charge in [0.25, 0.3) is 0 Å². The molecule has 3 atom stereocenters. The molecular formula is C16H23ClO2. The molecule has 3 unspecified atom stereocenters. The number of hydrogen-bond donors (Lipinski definition) is 0. The van der Waals surface area contributed by atoms with Crippen molar-refractivity contribution in [1.82, 2.24) is 0 Å². The van der Waals surface area contributed by atoms with Gasteiger partial charge in [-0.1, -0.05) is 24.6 Å². The predicted octanol–water partition coefficient (Wildman–Crippen LogP) is 4.17. The molecule has 1 aliphatic rings. The number of halogens is 1. The van der Waals surface area contributed by atoms with Crippen molar-refractivity contribution in [3.8, 4) is 5.75 Å². The molecule has 1 aliphatic carbocycles. The maximum absolute atomic E-state index is 6.21. The van der Waals surface area contributed by atoms with Gasteiger partial charge in [0.15, 0.2) is 0 Å². The molecule has 0 heterocycles. The second-order valence-corrected chi connectivity index (χ2v) is 6.03. The van der Waals surface area contributed by atoms with Gasteiger partial charge >= 0.3 is 0 Å². The molecule has 0 amide bonds. The Hall–Kier alpha value is -0.730. The van der Waals surface area contributed by atoms with Crippen LogP contribution in [0.15, 0.2) is 12.1 Å². The number of rotatable bonds is 5. The van der Waals surface area contributed by atoms with Gasteiger partial charge in [-0.2, -0.15) is 0 Å². The van der Waals surface area contributed by atoms with Crippen molar-refractivity contribution in [2.45, 2.75) is 58.1 Å². The summed E-state index contributed by atoms with van der Waals surface area (Å²) >= 11 is 6.21. The van der Waals surface area contributed by atoms with Crippen LogP contribution in [0.2, 0.25) is 0 Å². The standard InChI is InChI=1S/C16H23ClO2/c1-5-6-18-16-13(17)9-14(16)19-15-11(3)7-10(2)8-12(15)4/h7-8,13-14,16H,5-6,9H2,1-4H3. The zero-order chi connectivity index (χ0) is 14.0. The van der Waals surface area contributed by atoms with Crippen molar-refractivity contribution in [2.75, 3.05) is 6.61 Å². The molecule has 2 nitrogen and oxygen atoms in total. The van der Waals surface area contributed by atoms with Crippen LogP contribution >= 0.6 is 11.6 Å². The highest BCUT2D eigenvalue weighted by molar-refractivity contribution is 6.21. The highest BCUT2D eigenvalue weighted by Crippen LogP contribution is 2.35. The van der Waals surface area contributed by atoms with Gasteiger partial charge in [0.1, 0.15) is 18.0 Å². The van der Waals surface area contributed by atoms with Crippen LogP contribution in [0.3, 0.4) is 0 Å². The second kappa shape index (κ2) is 6.15. The SMILES string of the molecule is CCCOC1C(Cl)CC1Oc1c(C)cc(C)cc1C. The van der Waals surface area contributed by atoms with Gasteiger partial charge in [-0.15, -0.1) is 11.6 Å². The van der Waals surface area contributed by atoms with Gasteiger partial charge in [0.2, 0.25) is 0 Å². The molecule has 0 bridgehead atoms. The van der Waals surface area contributed by atoms with Crippen molar-refractivity contribution in [3.63, 3.8) is 0 Å². The van der Waals surface area contributed by atoms with Crippen LogP contribution in [0.25, 0.3) is 0 Å². The summed E-state index contributed by atoms with van der Waals surface area (Å²) in [6.45, 7) is 9.14. The Morgan fingerprint density at radius 1 is 1.21 bits per heavy atom. The number of aryl methyl sites for hydroxylation is 3. The Morgan fingerprint density at radius 3 is 2.37 bits per heavy atom. The van der Waals surface area contributed by atoms with Crippen LogP contribution in [-0.4, -0.2) is 24.2 Å². The first-order valence-corrected chi connectivity index (χ1v) is 7.46. The lowest BCUT2D eigenvalue weighted by atomic mass is 9.90. The molecule has 2 rings (SSSR count). The number of alkyl halides is 1. The van der Waals surface area contributed by atoms with Gasteiger partial charge in [0.05, 0.1) is 5.38 Å². The smallest absolute Gasteiger partial charge is 0.128 e. The van der Waals surface area contributed by atoms with E-state index in [0.29, 0.717) is 0 Å². The Labute approximate surface area is 121 Å². The Morgan fingerprint density at radius 2 is 1.84 bits per heavy atom. The third-order valence-corrected chi connectivity index (χ3v) is 4.00. The summed E-state index contributed by atoms with van der Waals surface area (Å²) < 4.78 is 11.9. The summed E-state index contributed by atoms with van der Waals surface area (Å²) in [7, 11) is 0. The van der Waals surface area contributed by atoms with Crippen molar-refractivity contribution < 1.29 is 9.47 Å². The summed E-state index contributed by atoms with van der Waals surface area (Å²) in [6.07, 6.45) is 1.99. The molecule has 0 saturated heterocycles. The summed E-state index contributed by atoms with van der Waals surface area (Å²) in [6, 6.07) is 4.31.